The summed E-state index contributed by atoms with van der Waals surface area (Å²) in [5, 5.41) is 6.90. The largest absolute Gasteiger partial charge is 0.489 e. The maximum atomic E-state index is 5.96. The molecule has 26 heavy (non-hydrogen) atoms. The van der Waals surface area contributed by atoms with Crippen molar-refractivity contribution < 1.29 is 4.74 Å². The van der Waals surface area contributed by atoms with Crippen molar-refractivity contribution in [2.45, 2.75) is 38.8 Å². The summed E-state index contributed by atoms with van der Waals surface area (Å²) < 4.78 is 5.96. The van der Waals surface area contributed by atoms with Crippen molar-refractivity contribution >= 4 is 29.9 Å². The molecule has 1 aromatic rings. The van der Waals surface area contributed by atoms with Crippen LogP contribution >= 0.6 is 24.0 Å². The number of rotatable bonds is 7. The van der Waals surface area contributed by atoms with Gasteiger partial charge in [0.2, 0.25) is 0 Å². The Morgan fingerprint density at radius 3 is 2.77 bits per heavy atom. The van der Waals surface area contributed by atoms with Gasteiger partial charge in [-0.25, -0.2) is 0 Å². The van der Waals surface area contributed by atoms with Crippen LogP contribution in [0, 0.1) is 6.92 Å². The predicted molar refractivity (Wildman–Crippen MR) is 121 cm³/mol. The number of halogens is 1. The van der Waals surface area contributed by atoms with Gasteiger partial charge in [-0.15, -0.1) is 30.6 Å². The van der Waals surface area contributed by atoms with Crippen LogP contribution in [0.3, 0.4) is 0 Å². The van der Waals surface area contributed by atoms with E-state index in [0.717, 1.165) is 44.2 Å². The van der Waals surface area contributed by atoms with E-state index in [4.69, 9.17) is 4.74 Å². The highest BCUT2D eigenvalue weighted by molar-refractivity contribution is 14.0. The second-order valence-corrected chi connectivity index (χ2v) is 6.71. The van der Waals surface area contributed by atoms with Gasteiger partial charge < -0.3 is 15.4 Å². The molecule has 2 N–H and O–H groups in total. The number of nitrogens with zero attached hydrogens (tertiary/aromatic N) is 2. The molecule has 1 fully saturated rings. The average molecular weight is 472 g/mol. The third-order valence-corrected chi connectivity index (χ3v) is 4.42. The Hall–Kier alpha value is -1.28. The molecule has 0 spiro atoms. The van der Waals surface area contributed by atoms with Crippen molar-refractivity contribution in [1.29, 1.82) is 0 Å². The molecule has 6 heteroatoms. The second kappa shape index (κ2) is 12.2. The van der Waals surface area contributed by atoms with Gasteiger partial charge in [0.1, 0.15) is 11.9 Å². The van der Waals surface area contributed by atoms with Crippen LogP contribution in [0.4, 0.5) is 0 Å². The molecule has 1 saturated heterocycles. The molecule has 0 aliphatic carbocycles. The van der Waals surface area contributed by atoms with E-state index in [0.29, 0.717) is 12.6 Å². The number of guanidine groups is 1. The summed E-state index contributed by atoms with van der Waals surface area (Å²) in [5.41, 5.74) is 1.21. The van der Waals surface area contributed by atoms with Crippen LogP contribution in [0.1, 0.15) is 25.3 Å². The van der Waals surface area contributed by atoms with Crippen LogP contribution in [0.15, 0.2) is 41.9 Å². The van der Waals surface area contributed by atoms with Crippen LogP contribution in [0.25, 0.3) is 0 Å². The Kier molecular flexibility index (Phi) is 10.7. The highest BCUT2D eigenvalue weighted by Gasteiger charge is 2.19. The highest BCUT2D eigenvalue weighted by atomic mass is 127. The Labute approximate surface area is 175 Å². The number of hydrogen-bond acceptors (Lipinski definition) is 3. The van der Waals surface area contributed by atoms with Crippen molar-refractivity contribution in [3.8, 4) is 5.75 Å². The lowest BCUT2D eigenvalue weighted by molar-refractivity contribution is 0.218. The molecule has 1 atom stereocenters. The van der Waals surface area contributed by atoms with E-state index >= 15 is 0 Å². The van der Waals surface area contributed by atoms with Gasteiger partial charge in [0, 0.05) is 32.7 Å². The first-order valence-electron chi connectivity index (χ1n) is 9.14. The number of piperidine rings is 1. The lowest BCUT2D eigenvalue weighted by atomic mass is 10.1. The standard InChI is InChI=1S/C20H32N4O.HI/c1-5-11-24-12-9-18(10-13-24)23-20(21-4)22-15-17(3)25-19-8-6-7-16(2)14-19;/h5-8,14,17-18H,1,9-13,15H2,2-4H3,(H2,21,22,23);1H. The fourth-order valence-corrected chi connectivity index (χ4v) is 3.03. The Morgan fingerprint density at radius 2 is 2.15 bits per heavy atom. The van der Waals surface area contributed by atoms with E-state index in [2.05, 4.69) is 53.1 Å². The van der Waals surface area contributed by atoms with Crippen molar-refractivity contribution in [3.05, 3.63) is 42.5 Å². The van der Waals surface area contributed by atoms with Gasteiger partial charge in [0.15, 0.2) is 5.96 Å². The number of aliphatic imine (C=N–C) groups is 1. The minimum atomic E-state index is 0. The van der Waals surface area contributed by atoms with Crippen LogP contribution in [-0.2, 0) is 0 Å². The maximum absolute atomic E-state index is 5.96. The van der Waals surface area contributed by atoms with Crippen molar-refractivity contribution in [1.82, 2.24) is 15.5 Å². The van der Waals surface area contributed by atoms with Gasteiger partial charge in [0.05, 0.1) is 6.54 Å². The normalized spacial score (nSPS) is 17.1. The maximum Gasteiger partial charge on any atom is 0.191 e. The zero-order chi connectivity index (χ0) is 18.1. The van der Waals surface area contributed by atoms with Gasteiger partial charge in [-0.2, -0.15) is 0 Å². The van der Waals surface area contributed by atoms with Crippen LogP contribution in [0.5, 0.6) is 5.75 Å². The van der Waals surface area contributed by atoms with E-state index in [1.54, 1.807) is 0 Å². The third kappa shape index (κ3) is 7.95. The molecular formula is C20H33IN4O. The van der Waals surface area contributed by atoms with Crippen LogP contribution in [0.2, 0.25) is 0 Å². The lowest BCUT2D eigenvalue weighted by Crippen LogP contribution is -2.50. The minimum absolute atomic E-state index is 0. The molecule has 0 saturated carbocycles. The second-order valence-electron chi connectivity index (χ2n) is 6.71. The fourth-order valence-electron chi connectivity index (χ4n) is 3.03. The SMILES string of the molecule is C=CCN1CCC(NC(=NC)NCC(C)Oc2cccc(C)c2)CC1.I. The summed E-state index contributed by atoms with van der Waals surface area (Å²) in [4.78, 5) is 6.77. The quantitative estimate of drug-likeness (QED) is 0.277. The summed E-state index contributed by atoms with van der Waals surface area (Å²) in [7, 11) is 1.81. The van der Waals surface area contributed by atoms with Crippen LogP contribution < -0.4 is 15.4 Å². The predicted octanol–water partition coefficient (Wildman–Crippen LogP) is 3.20. The summed E-state index contributed by atoms with van der Waals surface area (Å²) in [5.74, 6) is 1.76. The van der Waals surface area contributed by atoms with Gasteiger partial charge >= 0.3 is 0 Å². The van der Waals surface area contributed by atoms with Gasteiger partial charge in [-0.1, -0.05) is 18.2 Å². The first-order valence-corrected chi connectivity index (χ1v) is 9.14. The Morgan fingerprint density at radius 1 is 1.42 bits per heavy atom. The van der Waals surface area contributed by atoms with E-state index in [9.17, 15) is 0 Å². The molecule has 0 aromatic heterocycles. The Balaban J connectivity index is 0.00000338. The molecule has 0 radical (unpaired) electrons. The number of ether oxygens (including phenoxy) is 1. The summed E-state index contributed by atoms with van der Waals surface area (Å²) >= 11 is 0. The summed E-state index contributed by atoms with van der Waals surface area (Å²) in [6.07, 6.45) is 4.30. The van der Waals surface area contributed by atoms with Gasteiger partial charge in [-0.3, -0.25) is 9.89 Å². The molecule has 1 aromatic carbocycles. The number of hydrogen-bond donors (Lipinski definition) is 2. The molecule has 1 unspecified atom stereocenters. The highest BCUT2D eigenvalue weighted by Crippen LogP contribution is 2.14. The van der Waals surface area contributed by atoms with Crippen molar-refractivity contribution in [3.63, 3.8) is 0 Å². The average Bonchev–Trinajstić information content (AvgIpc) is 2.60. The smallest absolute Gasteiger partial charge is 0.191 e. The third-order valence-electron chi connectivity index (χ3n) is 4.42. The van der Waals surface area contributed by atoms with E-state index in [1.165, 1.54) is 5.56 Å². The minimum Gasteiger partial charge on any atom is -0.489 e. The van der Waals surface area contributed by atoms with Gasteiger partial charge in [-0.05, 0) is 44.4 Å². The zero-order valence-corrected chi connectivity index (χ0v) is 18.5. The number of nitrogens with one attached hydrogen (secondary N) is 2. The zero-order valence-electron chi connectivity index (χ0n) is 16.2. The van der Waals surface area contributed by atoms with Crippen molar-refractivity contribution in [2.24, 2.45) is 4.99 Å². The lowest BCUT2D eigenvalue weighted by Gasteiger charge is -2.32. The Bertz CT molecular complexity index is 571. The fraction of sp³-hybridized carbons (Fsp3) is 0.550. The topological polar surface area (TPSA) is 48.9 Å². The number of aryl methyl sites for hydroxylation is 1. The molecule has 0 amide bonds. The number of likely N-dealkylation sites (tertiary alicyclic amines) is 1. The molecule has 146 valence electrons. The van der Waals surface area contributed by atoms with Gasteiger partial charge in [0.25, 0.3) is 0 Å². The summed E-state index contributed by atoms with van der Waals surface area (Å²) in [6, 6.07) is 8.61. The van der Waals surface area contributed by atoms with Crippen molar-refractivity contribution in [2.75, 3.05) is 33.2 Å². The summed E-state index contributed by atoms with van der Waals surface area (Å²) in [6.45, 7) is 11.9. The monoisotopic (exact) mass is 472 g/mol. The molecule has 0 bridgehead atoms. The first kappa shape index (κ1) is 22.8. The molecule has 5 nitrogen and oxygen atoms in total. The molecule has 1 aliphatic rings. The first-order chi connectivity index (χ1) is 12.1. The van der Waals surface area contributed by atoms with E-state index in [1.807, 2.05) is 25.3 Å². The molecule has 1 heterocycles. The van der Waals surface area contributed by atoms with E-state index in [-0.39, 0.29) is 30.1 Å². The van der Waals surface area contributed by atoms with Crippen LogP contribution in [-0.4, -0.2) is 56.2 Å². The molecular weight excluding hydrogens is 439 g/mol. The number of benzene rings is 1. The van der Waals surface area contributed by atoms with E-state index < -0.39 is 0 Å². The molecule has 1 aliphatic heterocycles. The molecule has 2 rings (SSSR count).